The first-order chi connectivity index (χ1) is 22.9. The van der Waals surface area contributed by atoms with Gasteiger partial charge in [-0.3, -0.25) is 4.79 Å². The van der Waals surface area contributed by atoms with Crippen LogP contribution in [0.3, 0.4) is 0 Å². The Kier molecular flexibility index (Phi) is 13.2. The van der Waals surface area contributed by atoms with E-state index in [1.807, 2.05) is 6.07 Å². The van der Waals surface area contributed by atoms with Crippen LogP contribution >= 0.6 is 0 Å². The summed E-state index contributed by atoms with van der Waals surface area (Å²) < 4.78 is 0. The molecule has 1 fully saturated rings. The quantitative estimate of drug-likeness (QED) is 0.150. The number of fused-ring (bicyclic) bond motifs is 3. The van der Waals surface area contributed by atoms with E-state index in [2.05, 4.69) is 67.6 Å². The Bertz CT molecular complexity index is 1340. The third-order valence-corrected chi connectivity index (χ3v) is 11.8. The number of allylic oxidation sites excluding steroid dienone is 4. The summed E-state index contributed by atoms with van der Waals surface area (Å²) in [5.41, 5.74) is 4.13. The van der Waals surface area contributed by atoms with Crippen molar-refractivity contribution in [3.8, 4) is 5.75 Å². The number of carboxylic acids is 1. The first-order valence-corrected chi connectivity index (χ1v) is 19.0. The van der Waals surface area contributed by atoms with Crippen LogP contribution in [0.1, 0.15) is 144 Å². The molecule has 4 nitrogen and oxygen atoms in total. The summed E-state index contributed by atoms with van der Waals surface area (Å²) in [6.45, 7) is 2.22. The van der Waals surface area contributed by atoms with Crippen LogP contribution < -0.4 is 0 Å². The zero-order valence-electron chi connectivity index (χ0n) is 28.9. The van der Waals surface area contributed by atoms with Gasteiger partial charge in [0.05, 0.1) is 12.0 Å². The van der Waals surface area contributed by atoms with Crippen LogP contribution in [-0.2, 0) is 23.1 Å². The van der Waals surface area contributed by atoms with Crippen LogP contribution in [0.2, 0.25) is 0 Å². The molecular formula is C43H60O4. The Morgan fingerprint density at radius 2 is 1.74 bits per heavy atom. The van der Waals surface area contributed by atoms with E-state index in [4.69, 9.17) is 0 Å². The fourth-order valence-corrected chi connectivity index (χ4v) is 9.13. The molecule has 0 aromatic heterocycles. The molecule has 3 N–H and O–H groups in total. The third kappa shape index (κ3) is 9.40. The van der Waals surface area contributed by atoms with Crippen LogP contribution in [0.5, 0.6) is 5.75 Å². The molecule has 2 aromatic rings. The highest BCUT2D eigenvalue weighted by atomic mass is 16.4. The number of benzene rings is 2. The van der Waals surface area contributed by atoms with E-state index in [-0.39, 0.29) is 0 Å². The van der Waals surface area contributed by atoms with Crippen LogP contribution in [0, 0.1) is 17.8 Å². The molecular weight excluding hydrogens is 580 g/mol. The molecule has 3 aliphatic carbocycles. The lowest BCUT2D eigenvalue weighted by Crippen LogP contribution is -2.45. The van der Waals surface area contributed by atoms with E-state index in [0.29, 0.717) is 30.4 Å². The van der Waals surface area contributed by atoms with Crippen molar-refractivity contribution in [2.75, 3.05) is 0 Å². The van der Waals surface area contributed by atoms with Gasteiger partial charge in [0, 0.05) is 5.41 Å². The maximum absolute atomic E-state index is 12.9. The van der Waals surface area contributed by atoms with E-state index >= 15 is 0 Å². The Labute approximate surface area is 284 Å². The molecule has 3 aliphatic rings. The zero-order chi connectivity index (χ0) is 33.1. The molecule has 2 bridgehead atoms. The largest absolute Gasteiger partial charge is 0.508 e. The van der Waals surface area contributed by atoms with E-state index in [1.165, 1.54) is 56.1 Å². The number of aliphatic carboxylic acids is 1. The molecule has 0 saturated heterocycles. The number of carboxylic acid groups (broad SMARTS) is 1. The predicted molar refractivity (Wildman–Crippen MR) is 193 cm³/mol. The number of phenols is 1. The Balaban J connectivity index is 1.44. The van der Waals surface area contributed by atoms with Gasteiger partial charge in [-0.2, -0.15) is 0 Å². The van der Waals surface area contributed by atoms with Crippen LogP contribution in [0.4, 0.5) is 0 Å². The monoisotopic (exact) mass is 640 g/mol. The number of hydrogen-bond donors (Lipinski definition) is 3. The molecule has 4 heteroatoms. The Hall–Kier alpha value is -2.85. The molecule has 47 heavy (non-hydrogen) atoms. The maximum Gasteiger partial charge on any atom is 0.307 e. The predicted octanol–water partition coefficient (Wildman–Crippen LogP) is 10.6. The number of aromatic hydroxyl groups is 1. The lowest BCUT2D eigenvalue weighted by molar-refractivity contribution is -0.145. The molecule has 6 atom stereocenters. The van der Waals surface area contributed by atoms with Crippen molar-refractivity contribution < 1.29 is 20.1 Å². The highest BCUT2D eigenvalue weighted by Gasteiger charge is 2.47. The summed E-state index contributed by atoms with van der Waals surface area (Å²) in [6, 6.07) is 15.1. The second-order valence-electron chi connectivity index (χ2n) is 15.1. The number of unbranched alkanes of at least 4 members (excludes halogenated alkanes) is 5. The van der Waals surface area contributed by atoms with Gasteiger partial charge in [-0.1, -0.05) is 106 Å². The van der Waals surface area contributed by atoms with Crippen molar-refractivity contribution in [2.24, 2.45) is 17.8 Å². The number of carbonyl (C=O) groups is 1. The number of aryl methyl sites for hydroxylation is 1. The van der Waals surface area contributed by atoms with E-state index in [1.54, 1.807) is 0 Å². The van der Waals surface area contributed by atoms with Crippen molar-refractivity contribution in [1.82, 2.24) is 0 Å². The lowest BCUT2D eigenvalue weighted by Gasteiger charge is -2.44. The summed E-state index contributed by atoms with van der Waals surface area (Å²) in [5.74, 6) is 0.605. The van der Waals surface area contributed by atoms with Crippen molar-refractivity contribution in [3.63, 3.8) is 0 Å². The van der Waals surface area contributed by atoms with Gasteiger partial charge in [-0.25, -0.2) is 0 Å². The van der Waals surface area contributed by atoms with E-state index < -0.39 is 23.4 Å². The molecule has 5 rings (SSSR count). The van der Waals surface area contributed by atoms with Gasteiger partial charge >= 0.3 is 5.97 Å². The fraction of sp³-hybridized carbons (Fsp3) is 0.605. The van der Waals surface area contributed by atoms with Gasteiger partial charge in [0.25, 0.3) is 0 Å². The molecule has 0 heterocycles. The number of rotatable bonds is 13. The summed E-state index contributed by atoms with van der Waals surface area (Å²) in [7, 11) is 0. The van der Waals surface area contributed by atoms with Gasteiger partial charge in [-0.05, 0) is 130 Å². The smallest absolute Gasteiger partial charge is 0.307 e. The van der Waals surface area contributed by atoms with Crippen molar-refractivity contribution in [2.45, 2.75) is 146 Å². The summed E-state index contributed by atoms with van der Waals surface area (Å²) in [4.78, 5) is 12.9. The minimum absolute atomic E-state index is 0.298. The average molecular weight is 641 g/mol. The van der Waals surface area contributed by atoms with E-state index in [0.717, 1.165) is 81.3 Å². The summed E-state index contributed by atoms with van der Waals surface area (Å²) in [6.07, 6.45) is 28.3. The Morgan fingerprint density at radius 3 is 2.51 bits per heavy atom. The second kappa shape index (κ2) is 17.5. The number of hydrogen-bond acceptors (Lipinski definition) is 3. The van der Waals surface area contributed by atoms with Gasteiger partial charge < -0.3 is 15.3 Å². The minimum atomic E-state index is -0.756. The summed E-state index contributed by atoms with van der Waals surface area (Å²) in [5, 5.41) is 32.2. The van der Waals surface area contributed by atoms with E-state index in [9.17, 15) is 20.1 Å². The second-order valence-corrected chi connectivity index (χ2v) is 15.1. The standard InChI is InChI=1S/C43H60O4/c1-2-3-6-21-36-30-35(25-26-41(36)45)39-29-33-18-13-22-37(28-33)43(27-14-23-38(44)31-43)40(42(46)47)24-12-11-20-34(39)19-8-5-4-7-15-32-16-9-10-17-32/h9,11-13,16,18,22,25-26,28,30,32,34,38-40,44-45H,2-8,10,14-15,17,19-21,23-24,27,29,31H2,1H3,(H,46,47)/b12-11+/t32-,34-,38-,39-,40+,43-/m1/s1. The minimum Gasteiger partial charge on any atom is -0.508 e. The van der Waals surface area contributed by atoms with Crippen LogP contribution in [-0.4, -0.2) is 27.4 Å². The molecule has 256 valence electrons. The normalized spacial score (nSPS) is 28.5. The van der Waals surface area contributed by atoms with Gasteiger partial charge in [0.1, 0.15) is 5.75 Å². The van der Waals surface area contributed by atoms with Crippen LogP contribution in [0.15, 0.2) is 66.8 Å². The van der Waals surface area contributed by atoms with Gasteiger partial charge in [0.2, 0.25) is 0 Å². The topological polar surface area (TPSA) is 77.8 Å². The zero-order valence-corrected chi connectivity index (χ0v) is 28.9. The molecule has 0 unspecified atom stereocenters. The third-order valence-electron chi connectivity index (χ3n) is 11.8. The first kappa shape index (κ1) is 35.5. The molecule has 0 aliphatic heterocycles. The molecule has 0 amide bonds. The summed E-state index contributed by atoms with van der Waals surface area (Å²) >= 11 is 0. The van der Waals surface area contributed by atoms with Crippen molar-refractivity contribution >= 4 is 5.97 Å². The molecule has 2 aromatic carbocycles. The number of aliphatic hydroxyl groups is 1. The van der Waals surface area contributed by atoms with Crippen molar-refractivity contribution in [1.29, 1.82) is 0 Å². The Morgan fingerprint density at radius 1 is 0.915 bits per heavy atom. The van der Waals surface area contributed by atoms with Crippen LogP contribution in [0.25, 0.3) is 0 Å². The highest BCUT2D eigenvalue weighted by molar-refractivity contribution is 5.73. The highest BCUT2D eigenvalue weighted by Crippen LogP contribution is 2.48. The molecule has 0 radical (unpaired) electrons. The first-order valence-electron chi connectivity index (χ1n) is 19.0. The fourth-order valence-electron chi connectivity index (χ4n) is 9.13. The molecule has 1 saturated carbocycles. The van der Waals surface area contributed by atoms with Gasteiger partial charge in [-0.15, -0.1) is 0 Å². The lowest BCUT2D eigenvalue weighted by atomic mass is 9.60. The van der Waals surface area contributed by atoms with Gasteiger partial charge in [0.15, 0.2) is 0 Å². The average Bonchev–Trinajstić information content (AvgIpc) is 3.58. The number of aliphatic hydroxyl groups excluding tert-OH is 1. The molecule has 1 spiro atoms. The SMILES string of the molecule is CCCCCc1cc([C@@H]2Cc3cccc(c3)[C@]3(CCC[C@@H](O)C3)[C@H](C(=O)O)C/C=C/C[C@H]2CCCCCC[C@@H]2C=CCC2)ccc1O. The number of phenolic OH excluding ortho intramolecular Hbond substituents is 1. The maximum atomic E-state index is 12.9. The van der Waals surface area contributed by atoms with Crippen molar-refractivity contribution in [3.05, 3.63) is 89.0 Å².